The number of Topliss-reactive ketones (excluding diaryl/α,β-unsaturated/α-hetero) is 1. The molecule has 0 unspecified atom stereocenters. The number of ketones is 1. The molecule has 4 aromatic rings. The monoisotopic (exact) mass is 502 g/mol. The Kier molecular flexibility index (Phi) is 7.58. The predicted octanol–water partition coefficient (Wildman–Crippen LogP) is 6.30. The van der Waals surface area contributed by atoms with Crippen molar-refractivity contribution in [2.75, 3.05) is 12.9 Å². The van der Waals surface area contributed by atoms with Gasteiger partial charge in [0.1, 0.15) is 5.75 Å². The molecule has 0 aliphatic heterocycles. The number of rotatable bonds is 7. The molecule has 154 valence electrons. The fraction of sp³-hybridized carbons (Fsp3) is 0.130. The molecule has 0 saturated carbocycles. The van der Waals surface area contributed by atoms with E-state index in [4.69, 9.17) is 21.3 Å². The maximum Gasteiger partial charge on any atom is 0.173 e. The molecule has 4 nitrogen and oxygen atoms in total. The SMILES string of the molecule is Br.COc1ccc2c(c1)nc(SCC(=O)c1ccc(Cl)cc1)n2Cc1ccccc1. The highest BCUT2D eigenvalue weighted by Gasteiger charge is 2.15. The molecule has 0 aliphatic carbocycles. The van der Waals surface area contributed by atoms with E-state index in [1.54, 1.807) is 31.4 Å². The Morgan fingerprint density at radius 3 is 2.50 bits per heavy atom. The van der Waals surface area contributed by atoms with E-state index in [9.17, 15) is 4.79 Å². The minimum absolute atomic E-state index is 0. The summed E-state index contributed by atoms with van der Waals surface area (Å²) in [5, 5.41) is 1.42. The van der Waals surface area contributed by atoms with Gasteiger partial charge in [0, 0.05) is 16.7 Å². The van der Waals surface area contributed by atoms with Gasteiger partial charge in [-0.2, -0.15) is 0 Å². The summed E-state index contributed by atoms with van der Waals surface area (Å²) in [6.07, 6.45) is 0. The van der Waals surface area contributed by atoms with Gasteiger partial charge < -0.3 is 9.30 Å². The summed E-state index contributed by atoms with van der Waals surface area (Å²) >= 11 is 7.36. The summed E-state index contributed by atoms with van der Waals surface area (Å²) < 4.78 is 7.48. The van der Waals surface area contributed by atoms with Gasteiger partial charge in [-0.05, 0) is 42.0 Å². The summed E-state index contributed by atoms with van der Waals surface area (Å²) in [6.45, 7) is 0.682. The van der Waals surface area contributed by atoms with Crippen molar-refractivity contribution >= 4 is 57.2 Å². The summed E-state index contributed by atoms with van der Waals surface area (Å²) in [5.41, 5.74) is 3.68. The Labute approximate surface area is 195 Å². The first-order valence-corrected chi connectivity index (χ1v) is 10.5. The van der Waals surface area contributed by atoms with E-state index in [1.807, 2.05) is 36.4 Å². The largest absolute Gasteiger partial charge is 0.497 e. The fourth-order valence-electron chi connectivity index (χ4n) is 3.09. The first-order valence-electron chi connectivity index (χ1n) is 9.14. The topological polar surface area (TPSA) is 44.1 Å². The van der Waals surface area contributed by atoms with Crippen molar-refractivity contribution < 1.29 is 9.53 Å². The Morgan fingerprint density at radius 1 is 1.07 bits per heavy atom. The highest BCUT2D eigenvalue weighted by atomic mass is 79.9. The van der Waals surface area contributed by atoms with Gasteiger partial charge >= 0.3 is 0 Å². The standard InChI is InChI=1S/C23H19ClN2O2S.BrH/c1-28-19-11-12-21-20(13-19)25-23(26(21)14-16-5-3-2-4-6-16)29-15-22(27)17-7-9-18(24)10-8-17;/h2-13H,14-15H2,1H3;1H. The Balaban J connectivity index is 0.00000256. The Bertz CT molecular complexity index is 1150. The number of halogens is 2. The molecule has 0 fully saturated rings. The number of hydrogen-bond acceptors (Lipinski definition) is 4. The van der Waals surface area contributed by atoms with Gasteiger partial charge in [0.15, 0.2) is 10.9 Å². The number of methoxy groups -OCH3 is 1. The number of nitrogens with zero attached hydrogens (tertiary/aromatic N) is 2. The summed E-state index contributed by atoms with van der Waals surface area (Å²) in [6, 6.07) is 23.0. The third kappa shape index (κ3) is 5.06. The molecule has 0 atom stereocenters. The van der Waals surface area contributed by atoms with Crippen LogP contribution in [0.25, 0.3) is 11.0 Å². The van der Waals surface area contributed by atoms with Gasteiger partial charge in [-0.15, -0.1) is 17.0 Å². The van der Waals surface area contributed by atoms with Crippen LogP contribution in [0.15, 0.2) is 78.0 Å². The molecule has 1 heterocycles. The number of hydrogen-bond donors (Lipinski definition) is 0. The normalized spacial score (nSPS) is 10.6. The van der Waals surface area contributed by atoms with Gasteiger partial charge in [-0.25, -0.2) is 4.98 Å². The molecule has 7 heteroatoms. The Hall–Kier alpha value is -2.28. The molecular weight excluding hydrogens is 484 g/mol. The minimum Gasteiger partial charge on any atom is -0.497 e. The van der Waals surface area contributed by atoms with Crippen LogP contribution in [0.2, 0.25) is 5.02 Å². The lowest BCUT2D eigenvalue weighted by Crippen LogP contribution is -2.05. The molecule has 30 heavy (non-hydrogen) atoms. The molecule has 3 aromatic carbocycles. The highest BCUT2D eigenvalue weighted by Crippen LogP contribution is 2.28. The van der Waals surface area contributed by atoms with Crippen LogP contribution in [-0.4, -0.2) is 28.2 Å². The van der Waals surface area contributed by atoms with E-state index in [0.29, 0.717) is 22.9 Å². The van der Waals surface area contributed by atoms with Crippen molar-refractivity contribution in [2.24, 2.45) is 0 Å². The molecule has 4 rings (SSSR count). The van der Waals surface area contributed by atoms with Crippen LogP contribution in [-0.2, 0) is 6.54 Å². The molecule has 0 N–H and O–H groups in total. The van der Waals surface area contributed by atoms with Gasteiger partial charge in [-0.3, -0.25) is 4.79 Å². The van der Waals surface area contributed by atoms with Crippen LogP contribution in [0.3, 0.4) is 0 Å². The lowest BCUT2D eigenvalue weighted by atomic mass is 10.1. The average Bonchev–Trinajstić information content (AvgIpc) is 3.09. The first-order chi connectivity index (χ1) is 14.1. The fourth-order valence-corrected chi connectivity index (χ4v) is 4.13. The number of thioether (sulfide) groups is 1. The number of imidazole rings is 1. The number of ether oxygens (including phenoxy) is 1. The second-order valence-electron chi connectivity index (χ2n) is 6.54. The zero-order chi connectivity index (χ0) is 20.2. The van der Waals surface area contributed by atoms with Gasteiger partial charge in [-0.1, -0.05) is 53.7 Å². The molecule has 0 aliphatic rings. The van der Waals surface area contributed by atoms with Crippen LogP contribution in [0.5, 0.6) is 5.75 Å². The van der Waals surface area contributed by atoms with E-state index in [0.717, 1.165) is 21.9 Å². The first kappa shape index (κ1) is 22.4. The maximum atomic E-state index is 12.6. The van der Waals surface area contributed by atoms with E-state index >= 15 is 0 Å². The van der Waals surface area contributed by atoms with E-state index in [-0.39, 0.29) is 22.8 Å². The zero-order valence-corrected chi connectivity index (χ0v) is 19.5. The van der Waals surface area contributed by atoms with E-state index < -0.39 is 0 Å². The van der Waals surface area contributed by atoms with Gasteiger partial charge in [0.2, 0.25) is 0 Å². The second kappa shape index (κ2) is 10.2. The highest BCUT2D eigenvalue weighted by molar-refractivity contribution is 8.93. The van der Waals surface area contributed by atoms with Gasteiger partial charge in [0.25, 0.3) is 0 Å². The second-order valence-corrected chi connectivity index (χ2v) is 7.92. The molecule has 0 spiro atoms. The summed E-state index contributed by atoms with van der Waals surface area (Å²) in [5.74, 6) is 1.11. The van der Waals surface area contributed by atoms with Crippen LogP contribution >= 0.6 is 40.3 Å². The van der Waals surface area contributed by atoms with Crippen LogP contribution < -0.4 is 4.74 Å². The predicted molar refractivity (Wildman–Crippen MR) is 129 cm³/mol. The number of fused-ring (bicyclic) bond motifs is 1. The van der Waals surface area contributed by atoms with Crippen molar-refractivity contribution in [3.8, 4) is 5.75 Å². The summed E-state index contributed by atoms with van der Waals surface area (Å²) in [4.78, 5) is 17.4. The average molecular weight is 504 g/mol. The number of carbonyl (C=O) groups is 1. The smallest absolute Gasteiger partial charge is 0.173 e. The van der Waals surface area contributed by atoms with E-state index in [1.165, 1.54) is 17.3 Å². The minimum atomic E-state index is 0. The molecular formula is C23H20BrClN2O2S. The Morgan fingerprint density at radius 2 is 1.80 bits per heavy atom. The van der Waals surface area contributed by atoms with Crippen LogP contribution in [0.4, 0.5) is 0 Å². The van der Waals surface area contributed by atoms with Crippen molar-refractivity contribution in [3.05, 3.63) is 88.9 Å². The van der Waals surface area contributed by atoms with Crippen molar-refractivity contribution in [1.29, 1.82) is 0 Å². The molecule has 0 bridgehead atoms. The lowest BCUT2D eigenvalue weighted by molar-refractivity contribution is 0.102. The number of aromatic nitrogens is 2. The van der Waals surface area contributed by atoms with Crippen molar-refractivity contribution in [1.82, 2.24) is 9.55 Å². The van der Waals surface area contributed by atoms with Crippen LogP contribution in [0.1, 0.15) is 15.9 Å². The molecule has 0 amide bonds. The summed E-state index contributed by atoms with van der Waals surface area (Å²) in [7, 11) is 1.64. The third-order valence-electron chi connectivity index (χ3n) is 4.60. The van der Waals surface area contributed by atoms with E-state index in [2.05, 4.69) is 16.7 Å². The number of carbonyl (C=O) groups excluding carboxylic acids is 1. The lowest BCUT2D eigenvalue weighted by Gasteiger charge is -2.09. The third-order valence-corrected chi connectivity index (χ3v) is 5.83. The van der Waals surface area contributed by atoms with Gasteiger partial charge in [0.05, 0.1) is 30.4 Å². The molecule has 0 radical (unpaired) electrons. The molecule has 1 aromatic heterocycles. The quantitative estimate of drug-likeness (QED) is 0.219. The van der Waals surface area contributed by atoms with Crippen molar-refractivity contribution in [3.63, 3.8) is 0 Å². The molecule has 0 saturated heterocycles. The number of benzene rings is 3. The zero-order valence-electron chi connectivity index (χ0n) is 16.2. The van der Waals surface area contributed by atoms with Crippen molar-refractivity contribution in [2.45, 2.75) is 11.7 Å². The maximum absolute atomic E-state index is 12.6. The van der Waals surface area contributed by atoms with Crippen LogP contribution in [0, 0.1) is 0 Å².